The summed E-state index contributed by atoms with van der Waals surface area (Å²) < 4.78 is 6.90. The smallest absolute Gasteiger partial charge is 0.224 e. The summed E-state index contributed by atoms with van der Waals surface area (Å²) >= 11 is 1.27. The molecule has 0 unspecified atom stereocenters. The third-order valence-corrected chi connectivity index (χ3v) is 5.85. The van der Waals surface area contributed by atoms with Crippen LogP contribution in [-0.4, -0.2) is 39.3 Å². The molecule has 0 saturated carbocycles. The molecule has 0 fully saturated rings. The van der Waals surface area contributed by atoms with E-state index in [0.717, 1.165) is 11.3 Å². The zero-order chi connectivity index (χ0) is 23.1. The quantitative estimate of drug-likeness (QED) is 0.395. The zero-order valence-corrected chi connectivity index (χ0v) is 18.8. The number of ketones is 1. The lowest BCUT2D eigenvalue weighted by Gasteiger charge is -2.14. The van der Waals surface area contributed by atoms with Gasteiger partial charge in [-0.2, -0.15) is 5.26 Å². The molecule has 1 heterocycles. The average Bonchev–Trinajstić information content (AvgIpc) is 3.18. The van der Waals surface area contributed by atoms with Crippen LogP contribution in [-0.2, 0) is 18.3 Å². The van der Waals surface area contributed by atoms with Gasteiger partial charge in [0.1, 0.15) is 5.75 Å². The lowest BCUT2D eigenvalue weighted by Crippen LogP contribution is -2.29. The van der Waals surface area contributed by atoms with Gasteiger partial charge in [0, 0.05) is 12.6 Å². The first-order valence-electron chi connectivity index (χ1n) is 9.89. The fourth-order valence-electron chi connectivity index (χ4n) is 3.06. The number of benzene rings is 2. The number of methoxy groups -OCH3 is 1. The van der Waals surface area contributed by atoms with E-state index in [2.05, 4.69) is 15.5 Å². The molecule has 1 amide bonds. The lowest BCUT2D eigenvalue weighted by molar-refractivity contribution is -0.121. The van der Waals surface area contributed by atoms with E-state index in [1.807, 2.05) is 37.3 Å². The molecule has 3 rings (SSSR count). The summed E-state index contributed by atoms with van der Waals surface area (Å²) in [5.41, 5.74) is 1.93. The van der Waals surface area contributed by atoms with Crippen LogP contribution in [0.4, 0.5) is 0 Å². The van der Waals surface area contributed by atoms with Gasteiger partial charge in [-0.25, -0.2) is 0 Å². The monoisotopic (exact) mass is 449 g/mol. The Hall–Kier alpha value is -3.64. The zero-order valence-electron chi connectivity index (χ0n) is 18.0. The first-order chi connectivity index (χ1) is 15.4. The van der Waals surface area contributed by atoms with E-state index in [1.165, 1.54) is 11.8 Å². The molecule has 1 N–H and O–H groups in total. The van der Waals surface area contributed by atoms with E-state index < -0.39 is 0 Å². The topological polar surface area (TPSA) is 110 Å². The van der Waals surface area contributed by atoms with Crippen molar-refractivity contribution in [3.05, 3.63) is 71.0 Å². The number of carbonyl (C=O) groups excluding carboxylic acids is 2. The minimum absolute atomic E-state index is 0.0649. The fourth-order valence-corrected chi connectivity index (χ4v) is 3.87. The number of hydrogen-bond donors (Lipinski definition) is 1. The van der Waals surface area contributed by atoms with Crippen LogP contribution < -0.4 is 10.1 Å². The summed E-state index contributed by atoms with van der Waals surface area (Å²) in [6.45, 7) is 1.84. The van der Waals surface area contributed by atoms with Gasteiger partial charge in [0.2, 0.25) is 5.91 Å². The van der Waals surface area contributed by atoms with Crippen LogP contribution in [0.3, 0.4) is 0 Å². The number of carbonyl (C=O) groups is 2. The predicted octanol–water partition coefficient (Wildman–Crippen LogP) is 3.09. The summed E-state index contributed by atoms with van der Waals surface area (Å²) in [7, 11) is 3.40. The van der Waals surface area contributed by atoms with E-state index in [0.29, 0.717) is 22.1 Å². The predicted molar refractivity (Wildman–Crippen MR) is 120 cm³/mol. The molecule has 32 heavy (non-hydrogen) atoms. The molecule has 164 valence electrons. The first-order valence-corrected chi connectivity index (χ1v) is 10.9. The van der Waals surface area contributed by atoms with E-state index in [4.69, 9.17) is 10.00 Å². The summed E-state index contributed by atoms with van der Waals surface area (Å²) in [5.74, 6) is 1.34. The van der Waals surface area contributed by atoms with Crippen LogP contribution in [0, 0.1) is 11.3 Å². The highest BCUT2D eigenvalue weighted by molar-refractivity contribution is 7.99. The minimum atomic E-state index is -0.346. The number of rotatable bonds is 9. The fraction of sp³-hybridized carbons (Fsp3) is 0.261. The molecule has 3 aromatic rings. The van der Waals surface area contributed by atoms with Gasteiger partial charge in [-0.1, -0.05) is 36.0 Å². The van der Waals surface area contributed by atoms with Crippen molar-refractivity contribution in [3.8, 4) is 11.8 Å². The van der Waals surface area contributed by atoms with Crippen molar-refractivity contribution < 1.29 is 14.3 Å². The van der Waals surface area contributed by atoms with Crippen molar-refractivity contribution in [3.63, 3.8) is 0 Å². The number of nitrogens with zero attached hydrogens (tertiary/aromatic N) is 4. The largest absolute Gasteiger partial charge is 0.497 e. The number of Topliss-reactive ketones (excluding diaryl/α,β-unsaturated/α-hetero) is 1. The number of hydrogen-bond acceptors (Lipinski definition) is 7. The number of nitriles is 1. The normalized spacial score (nSPS) is 11.4. The third-order valence-electron chi connectivity index (χ3n) is 4.83. The third kappa shape index (κ3) is 5.74. The Morgan fingerprint density at radius 3 is 2.47 bits per heavy atom. The van der Waals surface area contributed by atoms with Gasteiger partial charge < -0.3 is 14.6 Å². The molecular formula is C23H23N5O3S. The Balaban J connectivity index is 1.56. The van der Waals surface area contributed by atoms with E-state index in [-0.39, 0.29) is 29.9 Å². The highest BCUT2D eigenvalue weighted by Gasteiger charge is 2.19. The molecule has 0 radical (unpaired) electrons. The Kier molecular flexibility index (Phi) is 7.63. The molecule has 0 bridgehead atoms. The van der Waals surface area contributed by atoms with Crippen LogP contribution in [0.2, 0.25) is 0 Å². The summed E-state index contributed by atoms with van der Waals surface area (Å²) in [6.07, 6.45) is 0.243. The van der Waals surface area contributed by atoms with Crippen molar-refractivity contribution in [1.82, 2.24) is 20.1 Å². The maximum atomic E-state index is 12.4. The molecule has 9 heteroatoms. The second-order valence-electron chi connectivity index (χ2n) is 7.11. The van der Waals surface area contributed by atoms with Crippen molar-refractivity contribution in [2.45, 2.75) is 24.5 Å². The highest BCUT2D eigenvalue weighted by atomic mass is 32.2. The summed E-state index contributed by atoms with van der Waals surface area (Å²) in [5, 5.41) is 20.7. The molecule has 0 spiro atoms. The Bertz CT molecular complexity index is 1130. The van der Waals surface area contributed by atoms with Gasteiger partial charge >= 0.3 is 0 Å². The van der Waals surface area contributed by atoms with Gasteiger partial charge in [0.05, 0.1) is 37.0 Å². The SMILES string of the molecule is COc1ccc(CC(=O)N[C@@H](C)c2nnc(SCC(=O)c3ccc(C#N)cc3)n2C)cc1. The van der Waals surface area contributed by atoms with Gasteiger partial charge in [0.25, 0.3) is 0 Å². The second kappa shape index (κ2) is 10.6. The summed E-state index contributed by atoms with van der Waals surface area (Å²) in [4.78, 5) is 24.8. The minimum Gasteiger partial charge on any atom is -0.497 e. The molecule has 0 aliphatic rings. The maximum Gasteiger partial charge on any atom is 0.224 e. The summed E-state index contributed by atoms with van der Waals surface area (Å²) in [6, 6.07) is 15.5. The van der Waals surface area contributed by atoms with Crippen LogP contribution in [0.15, 0.2) is 53.7 Å². The van der Waals surface area contributed by atoms with Crippen LogP contribution in [0.1, 0.15) is 40.3 Å². The van der Waals surface area contributed by atoms with Crippen molar-refractivity contribution in [1.29, 1.82) is 5.26 Å². The standard InChI is InChI=1S/C23H23N5O3S/c1-15(25-21(30)12-16-6-10-19(31-3)11-7-16)22-26-27-23(28(22)2)32-14-20(29)18-8-4-17(13-24)5-9-18/h4-11,15H,12,14H2,1-3H3,(H,25,30)/t15-/m0/s1. The van der Waals surface area contributed by atoms with Crippen LogP contribution in [0.5, 0.6) is 5.75 Å². The van der Waals surface area contributed by atoms with E-state index in [1.54, 1.807) is 43.0 Å². The average molecular weight is 450 g/mol. The Morgan fingerprint density at radius 2 is 1.84 bits per heavy atom. The molecule has 0 aliphatic carbocycles. The Morgan fingerprint density at radius 1 is 1.16 bits per heavy atom. The molecular weight excluding hydrogens is 426 g/mol. The highest BCUT2D eigenvalue weighted by Crippen LogP contribution is 2.21. The van der Waals surface area contributed by atoms with Crippen LogP contribution in [0.25, 0.3) is 0 Å². The van der Waals surface area contributed by atoms with Crippen molar-refractivity contribution in [2.75, 3.05) is 12.9 Å². The molecule has 0 aliphatic heterocycles. The molecule has 8 nitrogen and oxygen atoms in total. The number of thioether (sulfide) groups is 1. The number of amides is 1. The number of aromatic nitrogens is 3. The van der Waals surface area contributed by atoms with E-state index >= 15 is 0 Å². The lowest BCUT2D eigenvalue weighted by atomic mass is 10.1. The number of nitrogens with one attached hydrogen (secondary N) is 1. The van der Waals surface area contributed by atoms with Crippen LogP contribution >= 0.6 is 11.8 Å². The van der Waals surface area contributed by atoms with Gasteiger partial charge in [0.15, 0.2) is 16.8 Å². The van der Waals surface area contributed by atoms with Gasteiger partial charge in [-0.3, -0.25) is 9.59 Å². The van der Waals surface area contributed by atoms with Gasteiger partial charge in [-0.05, 0) is 36.8 Å². The maximum absolute atomic E-state index is 12.4. The van der Waals surface area contributed by atoms with Crippen molar-refractivity contribution >= 4 is 23.5 Å². The Labute approximate surface area is 190 Å². The first kappa shape index (κ1) is 23.0. The van der Waals surface area contributed by atoms with E-state index in [9.17, 15) is 9.59 Å². The molecule has 0 saturated heterocycles. The molecule has 1 aromatic heterocycles. The molecule has 1 atom stereocenters. The second-order valence-corrected chi connectivity index (χ2v) is 8.06. The molecule has 2 aromatic carbocycles. The van der Waals surface area contributed by atoms with Gasteiger partial charge in [-0.15, -0.1) is 10.2 Å². The number of ether oxygens (including phenoxy) is 1. The van der Waals surface area contributed by atoms with Crippen molar-refractivity contribution in [2.24, 2.45) is 7.05 Å².